The lowest BCUT2D eigenvalue weighted by molar-refractivity contribution is -0.384. The molecule has 1 aliphatic rings. The number of benzene rings is 1. The van der Waals surface area contributed by atoms with Gasteiger partial charge in [0, 0.05) is 62.1 Å². The molecule has 10 heteroatoms. The first kappa shape index (κ1) is 18.5. The van der Waals surface area contributed by atoms with Crippen LogP contribution in [-0.2, 0) is 0 Å². The molecule has 10 nitrogen and oxygen atoms in total. The third kappa shape index (κ3) is 4.21. The summed E-state index contributed by atoms with van der Waals surface area (Å²) in [5.74, 6) is 0.897. The number of amides is 1. The van der Waals surface area contributed by atoms with Gasteiger partial charge in [-0.2, -0.15) is 5.10 Å². The normalized spacial score (nSPS) is 14.6. The number of aromatic nitrogens is 4. The van der Waals surface area contributed by atoms with Gasteiger partial charge in [0.2, 0.25) is 5.88 Å². The van der Waals surface area contributed by atoms with Crippen LogP contribution in [0.25, 0.3) is 5.82 Å². The van der Waals surface area contributed by atoms with E-state index in [1.807, 2.05) is 0 Å². The highest BCUT2D eigenvalue weighted by Gasteiger charge is 2.25. The molecule has 0 radical (unpaired) electrons. The maximum Gasteiger partial charge on any atom is 0.269 e. The number of piperidine rings is 1. The zero-order valence-corrected chi connectivity index (χ0v) is 15.4. The Balaban J connectivity index is 1.31. The molecule has 0 aliphatic carbocycles. The average molecular weight is 394 g/mol. The van der Waals surface area contributed by atoms with Crippen LogP contribution in [0.1, 0.15) is 23.2 Å². The van der Waals surface area contributed by atoms with Crippen molar-refractivity contribution in [3.05, 3.63) is 70.5 Å². The van der Waals surface area contributed by atoms with Crippen molar-refractivity contribution in [2.45, 2.75) is 18.9 Å². The fourth-order valence-electron chi connectivity index (χ4n) is 3.16. The quantitative estimate of drug-likeness (QED) is 0.481. The predicted molar refractivity (Wildman–Crippen MR) is 102 cm³/mol. The number of rotatable bonds is 5. The Labute approximate surface area is 165 Å². The molecule has 29 heavy (non-hydrogen) atoms. The summed E-state index contributed by atoms with van der Waals surface area (Å²) in [6, 6.07) is 11.0. The molecule has 3 aromatic rings. The zero-order valence-electron chi connectivity index (χ0n) is 15.4. The van der Waals surface area contributed by atoms with Gasteiger partial charge < -0.3 is 9.64 Å². The predicted octanol–water partition coefficient (Wildman–Crippen LogP) is 2.25. The van der Waals surface area contributed by atoms with Crippen LogP contribution in [0.5, 0.6) is 5.88 Å². The summed E-state index contributed by atoms with van der Waals surface area (Å²) in [5.41, 5.74) is 0.406. The van der Waals surface area contributed by atoms with E-state index in [0.717, 1.165) is 0 Å². The van der Waals surface area contributed by atoms with Crippen LogP contribution < -0.4 is 4.74 Å². The lowest BCUT2D eigenvalue weighted by Gasteiger charge is -2.31. The van der Waals surface area contributed by atoms with E-state index in [9.17, 15) is 14.9 Å². The highest BCUT2D eigenvalue weighted by molar-refractivity contribution is 5.94. The second-order valence-corrected chi connectivity index (χ2v) is 6.59. The lowest BCUT2D eigenvalue weighted by atomic mass is 10.1. The number of nitro benzene ring substituents is 1. The van der Waals surface area contributed by atoms with Crippen LogP contribution in [0.4, 0.5) is 5.69 Å². The van der Waals surface area contributed by atoms with Crippen LogP contribution in [0.2, 0.25) is 0 Å². The van der Waals surface area contributed by atoms with Gasteiger partial charge in [-0.25, -0.2) is 4.68 Å². The van der Waals surface area contributed by atoms with Gasteiger partial charge in [-0.05, 0) is 24.3 Å². The first-order valence-corrected chi connectivity index (χ1v) is 9.14. The maximum absolute atomic E-state index is 12.6. The number of nitro groups is 1. The van der Waals surface area contributed by atoms with E-state index in [1.165, 1.54) is 24.3 Å². The van der Waals surface area contributed by atoms with Gasteiger partial charge in [-0.1, -0.05) is 0 Å². The molecule has 0 N–H and O–H groups in total. The number of carbonyl (C=O) groups excluding carboxylic acids is 1. The summed E-state index contributed by atoms with van der Waals surface area (Å²) < 4.78 is 7.50. The van der Waals surface area contributed by atoms with E-state index < -0.39 is 4.92 Å². The van der Waals surface area contributed by atoms with Crippen molar-refractivity contribution in [2.24, 2.45) is 0 Å². The van der Waals surface area contributed by atoms with E-state index in [1.54, 1.807) is 40.2 Å². The van der Waals surface area contributed by atoms with Crippen LogP contribution in [0.3, 0.4) is 0 Å². The van der Waals surface area contributed by atoms with E-state index in [0.29, 0.717) is 43.2 Å². The summed E-state index contributed by atoms with van der Waals surface area (Å²) >= 11 is 0. The van der Waals surface area contributed by atoms with E-state index in [-0.39, 0.29) is 17.7 Å². The largest absolute Gasteiger partial charge is 0.473 e. The number of ether oxygens (including phenoxy) is 1. The Morgan fingerprint density at radius 1 is 1.10 bits per heavy atom. The van der Waals surface area contributed by atoms with Crippen molar-refractivity contribution in [3.8, 4) is 11.7 Å². The highest BCUT2D eigenvalue weighted by Crippen LogP contribution is 2.20. The molecule has 1 amide bonds. The topological polar surface area (TPSA) is 116 Å². The van der Waals surface area contributed by atoms with Crippen LogP contribution in [0, 0.1) is 10.1 Å². The summed E-state index contributed by atoms with van der Waals surface area (Å²) in [6.07, 6.45) is 4.73. The molecule has 148 valence electrons. The molecule has 0 spiro atoms. The number of nitrogens with zero attached hydrogens (tertiary/aromatic N) is 6. The minimum Gasteiger partial charge on any atom is -0.473 e. The molecular weight excluding hydrogens is 376 g/mol. The average Bonchev–Trinajstić information content (AvgIpc) is 3.29. The summed E-state index contributed by atoms with van der Waals surface area (Å²) in [5, 5.41) is 23.0. The second kappa shape index (κ2) is 8.05. The molecule has 1 fully saturated rings. The first-order valence-electron chi connectivity index (χ1n) is 9.14. The third-order valence-corrected chi connectivity index (χ3v) is 4.71. The number of hydrogen-bond donors (Lipinski definition) is 0. The Hall–Kier alpha value is -3.82. The van der Waals surface area contributed by atoms with Crippen LogP contribution >= 0.6 is 0 Å². The number of likely N-dealkylation sites (tertiary alicyclic amines) is 1. The van der Waals surface area contributed by atoms with Crippen molar-refractivity contribution in [1.29, 1.82) is 0 Å². The molecule has 0 bridgehead atoms. The first-order chi connectivity index (χ1) is 14.1. The zero-order chi connectivity index (χ0) is 20.2. The molecule has 1 aromatic carbocycles. The van der Waals surface area contributed by atoms with Crippen LogP contribution in [-0.4, -0.2) is 54.9 Å². The van der Waals surface area contributed by atoms with Gasteiger partial charge in [-0.3, -0.25) is 14.9 Å². The Morgan fingerprint density at radius 2 is 1.86 bits per heavy atom. The SMILES string of the molecule is O=C(c1ccc([N+](=O)[O-])cc1)N1CCC(Oc2ccc(-n3cccn3)nn2)CC1. The number of carbonyl (C=O) groups is 1. The van der Waals surface area contributed by atoms with E-state index in [2.05, 4.69) is 15.3 Å². The standard InChI is InChI=1S/C19H18N6O4/c26-19(14-2-4-15(5-3-14)25(27)28)23-12-8-16(9-13-23)29-18-7-6-17(21-22-18)24-11-1-10-20-24/h1-7,10-11,16H,8-9,12-13H2. The van der Waals surface area contributed by atoms with Gasteiger partial charge in [0.15, 0.2) is 5.82 Å². The number of non-ortho nitro benzene ring substituents is 1. The summed E-state index contributed by atoms with van der Waals surface area (Å²) in [7, 11) is 0. The van der Waals surface area contributed by atoms with Gasteiger partial charge in [0.1, 0.15) is 6.10 Å². The minimum atomic E-state index is -0.485. The van der Waals surface area contributed by atoms with Crippen molar-refractivity contribution in [2.75, 3.05) is 13.1 Å². The molecule has 1 aliphatic heterocycles. The summed E-state index contributed by atoms with van der Waals surface area (Å²) in [4.78, 5) is 24.6. The molecule has 4 rings (SSSR count). The van der Waals surface area contributed by atoms with Crippen molar-refractivity contribution in [1.82, 2.24) is 24.9 Å². The Bertz CT molecular complexity index is 981. The molecule has 0 saturated carbocycles. The van der Waals surface area contributed by atoms with Crippen LogP contribution in [0.15, 0.2) is 54.9 Å². The fraction of sp³-hybridized carbons (Fsp3) is 0.263. The van der Waals surface area contributed by atoms with Crippen molar-refractivity contribution < 1.29 is 14.5 Å². The monoisotopic (exact) mass is 394 g/mol. The highest BCUT2D eigenvalue weighted by atomic mass is 16.6. The maximum atomic E-state index is 12.6. The van der Waals surface area contributed by atoms with E-state index >= 15 is 0 Å². The third-order valence-electron chi connectivity index (χ3n) is 4.71. The van der Waals surface area contributed by atoms with Gasteiger partial charge >= 0.3 is 0 Å². The Kier molecular flexibility index (Phi) is 5.14. The number of hydrogen-bond acceptors (Lipinski definition) is 7. The minimum absolute atomic E-state index is 0.0339. The summed E-state index contributed by atoms with van der Waals surface area (Å²) in [6.45, 7) is 1.08. The van der Waals surface area contributed by atoms with Gasteiger partial charge in [0.25, 0.3) is 11.6 Å². The Morgan fingerprint density at radius 3 is 2.45 bits per heavy atom. The van der Waals surface area contributed by atoms with Crippen molar-refractivity contribution >= 4 is 11.6 Å². The fourth-order valence-corrected chi connectivity index (χ4v) is 3.16. The molecule has 1 saturated heterocycles. The second-order valence-electron chi connectivity index (χ2n) is 6.59. The molecule has 2 aromatic heterocycles. The molecule has 0 unspecified atom stereocenters. The van der Waals surface area contributed by atoms with Gasteiger partial charge in [0.05, 0.1) is 4.92 Å². The molecular formula is C19H18N6O4. The smallest absolute Gasteiger partial charge is 0.269 e. The lowest BCUT2D eigenvalue weighted by Crippen LogP contribution is -2.41. The van der Waals surface area contributed by atoms with E-state index in [4.69, 9.17) is 4.74 Å². The van der Waals surface area contributed by atoms with Crippen molar-refractivity contribution in [3.63, 3.8) is 0 Å². The molecule has 0 atom stereocenters. The molecule has 3 heterocycles. The van der Waals surface area contributed by atoms with Gasteiger partial charge in [-0.15, -0.1) is 10.2 Å².